The first-order chi connectivity index (χ1) is 12.3. The maximum absolute atomic E-state index is 12.4. The van der Waals surface area contributed by atoms with Gasteiger partial charge in [0.1, 0.15) is 11.4 Å². The van der Waals surface area contributed by atoms with Crippen LogP contribution in [0, 0.1) is 4.91 Å². The molecule has 2 aromatic carbocycles. The van der Waals surface area contributed by atoms with E-state index in [2.05, 4.69) is 11.8 Å². The summed E-state index contributed by atoms with van der Waals surface area (Å²) < 4.78 is 0. The molecule has 4 nitrogen and oxygen atoms in total. The highest BCUT2D eigenvalue weighted by Crippen LogP contribution is 2.34. The topological polar surface area (TPSA) is 66.7 Å². The van der Waals surface area contributed by atoms with Crippen LogP contribution in [0.15, 0.2) is 60.3 Å². The zero-order chi connectivity index (χ0) is 19.3. The zero-order valence-electron chi connectivity index (χ0n) is 15.3. The van der Waals surface area contributed by atoms with Gasteiger partial charge in [0.15, 0.2) is 5.78 Å². The van der Waals surface area contributed by atoms with E-state index in [1.807, 2.05) is 26.8 Å². The molecule has 0 saturated heterocycles. The van der Waals surface area contributed by atoms with Gasteiger partial charge >= 0.3 is 0 Å². The lowest BCUT2D eigenvalue weighted by molar-refractivity contribution is 0.104. The number of nitrogens with zero attached hydrogens (tertiary/aromatic N) is 1. The van der Waals surface area contributed by atoms with Crippen molar-refractivity contribution < 1.29 is 9.90 Å². The standard InChI is InChI=1S/C22H23NO3/c1-5-15-14-21(25)19(22(3,4)6-2)13-17(15)9-12-20(24)16-7-10-18(23-26)11-8-16/h6-14,25H,2,5H2,1,3-4H3/b12-9+. The molecule has 0 spiro atoms. The predicted octanol–water partition coefficient (Wildman–Crippen LogP) is 5.71. The van der Waals surface area contributed by atoms with Crippen LogP contribution >= 0.6 is 0 Å². The maximum Gasteiger partial charge on any atom is 0.185 e. The van der Waals surface area contributed by atoms with Gasteiger partial charge in [-0.2, -0.15) is 0 Å². The number of hydrogen-bond acceptors (Lipinski definition) is 4. The van der Waals surface area contributed by atoms with Crippen molar-refractivity contribution in [1.82, 2.24) is 0 Å². The lowest BCUT2D eigenvalue weighted by atomic mass is 9.82. The van der Waals surface area contributed by atoms with Crippen LogP contribution in [0.2, 0.25) is 0 Å². The number of nitroso groups, excluding NO2 is 1. The van der Waals surface area contributed by atoms with Gasteiger partial charge in [0.25, 0.3) is 0 Å². The van der Waals surface area contributed by atoms with Crippen molar-refractivity contribution in [2.75, 3.05) is 0 Å². The Hall–Kier alpha value is -3.01. The van der Waals surface area contributed by atoms with Gasteiger partial charge in [0.2, 0.25) is 0 Å². The summed E-state index contributed by atoms with van der Waals surface area (Å²) >= 11 is 0. The Kier molecular flexibility index (Phi) is 5.88. The van der Waals surface area contributed by atoms with Gasteiger partial charge in [-0.1, -0.05) is 32.9 Å². The Morgan fingerprint density at radius 3 is 2.42 bits per heavy atom. The first-order valence-corrected chi connectivity index (χ1v) is 8.48. The van der Waals surface area contributed by atoms with Crippen LogP contribution in [-0.4, -0.2) is 10.9 Å². The number of hydrogen-bond donors (Lipinski definition) is 1. The van der Waals surface area contributed by atoms with E-state index in [0.717, 1.165) is 23.1 Å². The first kappa shape index (κ1) is 19.3. The second-order valence-electron chi connectivity index (χ2n) is 6.68. The molecule has 0 atom stereocenters. The van der Waals surface area contributed by atoms with Gasteiger partial charge in [-0.05, 0) is 65.2 Å². The molecule has 0 unspecified atom stereocenters. The number of carbonyl (C=O) groups excluding carboxylic acids is 1. The number of aryl methyl sites for hydroxylation is 1. The largest absolute Gasteiger partial charge is 0.508 e. The van der Waals surface area contributed by atoms with Gasteiger partial charge in [0, 0.05) is 16.5 Å². The normalized spacial score (nSPS) is 11.5. The van der Waals surface area contributed by atoms with Crippen molar-refractivity contribution in [3.8, 4) is 5.75 Å². The summed E-state index contributed by atoms with van der Waals surface area (Å²) in [4.78, 5) is 22.8. The number of allylic oxidation sites excluding steroid dienone is 2. The Bertz CT molecular complexity index is 862. The highest BCUT2D eigenvalue weighted by atomic mass is 16.3. The Labute approximate surface area is 153 Å². The smallest absolute Gasteiger partial charge is 0.185 e. The SMILES string of the molecule is C=CC(C)(C)c1cc(/C=C/C(=O)c2ccc(N=O)cc2)c(CC)cc1O. The molecule has 26 heavy (non-hydrogen) atoms. The number of carbonyl (C=O) groups is 1. The molecule has 0 heterocycles. The molecule has 1 N–H and O–H groups in total. The van der Waals surface area contributed by atoms with Crippen LogP contribution in [-0.2, 0) is 11.8 Å². The van der Waals surface area contributed by atoms with E-state index in [9.17, 15) is 14.8 Å². The molecule has 0 bridgehead atoms. The molecular formula is C22H23NO3. The van der Waals surface area contributed by atoms with E-state index in [1.54, 1.807) is 30.4 Å². The maximum atomic E-state index is 12.4. The van der Waals surface area contributed by atoms with E-state index in [4.69, 9.17) is 0 Å². The Morgan fingerprint density at radius 1 is 1.23 bits per heavy atom. The average molecular weight is 349 g/mol. The van der Waals surface area contributed by atoms with Crippen LogP contribution in [0.4, 0.5) is 5.69 Å². The van der Waals surface area contributed by atoms with Crippen LogP contribution < -0.4 is 0 Å². The molecule has 0 aliphatic carbocycles. The van der Waals surface area contributed by atoms with E-state index < -0.39 is 0 Å². The van der Waals surface area contributed by atoms with Crippen LogP contribution in [0.5, 0.6) is 5.75 Å². The van der Waals surface area contributed by atoms with Crippen LogP contribution in [0.25, 0.3) is 6.08 Å². The van der Waals surface area contributed by atoms with E-state index >= 15 is 0 Å². The second kappa shape index (κ2) is 7.91. The number of benzene rings is 2. The summed E-state index contributed by atoms with van der Waals surface area (Å²) in [7, 11) is 0. The van der Waals surface area contributed by atoms with Crippen molar-refractivity contribution in [2.24, 2.45) is 5.18 Å². The third-order valence-corrected chi connectivity index (χ3v) is 4.51. The average Bonchev–Trinajstić information content (AvgIpc) is 2.66. The molecule has 2 rings (SSSR count). The number of phenols is 1. The quantitative estimate of drug-likeness (QED) is 0.301. The number of ketones is 1. The molecule has 0 aliphatic rings. The van der Waals surface area contributed by atoms with Crippen molar-refractivity contribution in [3.63, 3.8) is 0 Å². The Morgan fingerprint density at radius 2 is 1.88 bits per heavy atom. The van der Waals surface area contributed by atoms with Crippen molar-refractivity contribution >= 4 is 17.5 Å². The minimum Gasteiger partial charge on any atom is -0.508 e. The third kappa shape index (κ3) is 4.14. The van der Waals surface area contributed by atoms with Gasteiger partial charge < -0.3 is 5.11 Å². The second-order valence-corrected chi connectivity index (χ2v) is 6.68. The van der Waals surface area contributed by atoms with Gasteiger partial charge in [0.05, 0.1) is 0 Å². The highest BCUT2D eigenvalue weighted by Gasteiger charge is 2.21. The molecular weight excluding hydrogens is 326 g/mol. The van der Waals surface area contributed by atoms with E-state index in [-0.39, 0.29) is 22.6 Å². The predicted molar refractivity (Wildman–Crippen MR) is 106 cm³/mol. The van der Waals surface area contributed by atoms with Gasteiger partial charge in [-0.3, -0.25) is 4.79 Å². The summed E-state index contributed by atoms with van der Waals surface area (Å²) in [5.74, 6) is 0.0642. The minimum absolute atomic E-state index is 0.165. The molecule has 0 amide bonds. The fourth-order valence-electron chi connectivity index (χ4n) is 2.68. The monoisotopic (exact) mass is 349 g/mol. The molecule has 134 valence electrons. The van der Waals surface area contributed by atoms with Crippen molar-refractivity contribution in [2.45, 2.75) is 32.6 Å². The fourth-order valence-corrected chi connectivity index (χ4v) is 2.68. The zero-order valence-corrected chi connectivity index (χ0v) is 15.3. The molecule has 4 heteroatoms. The van der Waals surface area contributed by atoms with Crippen LogP contribution in [0.3, 0.4) is 0 Å². The number of rotatable bonds is 7. The van der Waals surface area contributed by atoms with Crippen molar-refractivity contribution in [1.29, 1.82) is 0 Å². The lowest BCUT2D eigenvalue weighted by Crippen LogP contribution is -2.13. The molecule has 0 radical (unpaired) electrons. The summed E-state index contributed by atoms with van der Waals surface area (Å²) in [5, 5.41) is 13.2. The van der Waals surface area contributed by atoms with Crippen LogP contribution in [0.1, 0.15) is 47.8 Å². The molecule has 0 aromatic heterocycles. The van der Waals surface area contributed by atoms with Gasteiger partial charge in [-0.15, -0.1) is 11.5 Å². The summed E-state index contributed by atoms with van der Waals surface area (Å²) in [6.07, 6.45) is 5.78. The highest BCUT2D eigenvalue weighted by molar-refractivity contribution is 6.07. The Balaban J connectivity index is 2.38. The third-order valence-electron chi connectivity index (χ3n) is 4.51. The summed E-state index contributed by atoms with van der Waals surface area (Å²) in [6, 6.07) is 9.82. The fraction of sp³-hybridized carbons (Fsp3) is 0.227. The molecule has 0 fully saturated rings. The summed E-state index contributed by atoms with van der Waals surface area (Å²) in [5.41, 5.74) is 2.98. The number of phenolic OH excluding ortho intramolecular Hbond substituents is 1. The first-order valence-electron chi connectivity index (χ1n) is 8.48. The molecule has 0 aliphatic heterocycles. The number of aromatic hydroxyl groups is 1. The van der Waals surface area contributed by atoms with Crippen molar-refractivity contribution in [3.05, 3.63) is 82.3 Å². The summed E-state index contributed by atoms with van der Waals surface area (Å²) in [6.45, 7) is 9.78. The van der Waals surface area contributed by atoms with Gasteiger partial charge in [-0.25, -0.2) is 0 Å². The minimum atomic E-state index is -0.388. The lowest BCUT2D eigenvalue weighted by Gasteiger charge is -2.23. The molecule has 2 aromatic rings. The van der Waals surface area contributed by atoms with E-state index in [1.165, 1.54) is 18.2 Å². The van der Waals surface area contributed by atoms with E-state index in [0.29, 0.717) is 5.56 Å². The molecule has 0 saturated carbocycles.